The highest BCUT2D eigenvalue weighted by atomic mass is 32.2. The number of carbonyl (C=O) groups excluding carboxylic acids is 1. The fourth-order valence-electron chi connectivity index (χ4n) is 2.84. The van der Waals surface area contributed by atoms with E-state index in [4.69, 9.17) is 0 Å². The predicted molar refractivity (Wildman–Crippen MR) is 80.7 cm³/mol. The topological polar surface area (TPSA) is 41.1 Å². The summed E-state index contributed by atoms with van der Waals surface area (Å²) in [5.74, 6) is 3.66. The molecule has 1 amide bonds. The van der Waals surface area contributed by atoms with Gasteiger partial charge in [-0.1, -0.05) is 18.2 Å². The normalized spacial score (nSPS) is 24.8. The van der Waals surface area contributed by atoms with E-state index < -0.39 is 0 Å². The molecule has 2 atom stereocenters. The molecule has 1 saturated heterocycles. The molecule has 2 N–H and O–H groups in total. The second-order valence-corrected chi connectivity index (χ2v) is 6.55. The number of amides is 1. The number of para-hydroxylation sites is 1. The summed E-state index contributed by atoms with van der Waals surface area (Å²) in [6, 6.07) is 8.29. The Balaban J connectivity index is 1.50. The SMILES string of the molecule is O=C(CC1CNc2ccccc21)NCC1CCSC1. The third kappa shape index (κ3) is 3.06. The van der Waals surface area contributed by atoms with Crippen LogP contribution in [0.1, 0.15) is 24.3 Å². The van der Waals surface area contributed by atoms with Gasteiger partial charge in [-0.2, -0.15) is 11.8 Å². The fourth-order valence-corrected chi connectivity index (χ4v) is 4.12. The van der Waals surface area contributed by atoms with Crippen molar-refractivity contribution in [3.8, 4) is 0 Å². The smallest absolute Gasteiger partial charge is 0.220 e. The zero-order valence-electron chi connectivity index (χ0n) is 11.0. The molecule has 2 aliphatic rings. The lowest BCUT2D eigenvalue weighted by Gasteiger charge is -2.13. The Morgan fingerprint density at radius 3 is 3.16 bits per heavy atom. The first kappa shape index (κ1) is 12.9. The van der Waals surface area contributed by atoms with Gasteiger partial charge < -0.3 is 10.6 Å². The maximum atomic E-state index is 12.0. The van der Waals surface area contributed by atoms with E-state index >= 15 is 0 Å². The van der Waals surface area contributed by atoms with Gasteiger partial charge >= 0.3 is 0 Å². The van der Waals surface area contributed by atoms with Crippen molar-refractivity contribution >= 4 is 23.4 Å². The van der Waals surface area contributed by atoms with Crippen LogP contribution in [0.5, 0.6) is 0 Å². The van der Waals surface area contributed by atoms with E-state index in [9.17, 15) is 4.79 Å². The first-order valence-electron chi connectivity index (χ1n) is 7.00. The van der Waals surface area contributed by atoms with Crippen molar-refractivity contribution in [3.05, 3.63) is 29.8 Å². The summed E-state index contributed by atoms with van der Waals surface area (Å²) >= 11 is 2.00. The van der Waals surface area contributed by atoms with Gasteiger partial charge in [0.2, 0.25) is 5.91 Å². The highest BCUT2D eigenvalue weighted by Gasteiger charge is 2.24. The number of thioether (sulfide) groups is 1. The van der Waals surface area contributed by atoms with Gasteiger partial charge in [-0.15, -0.1) is 0 Å². The van der Waals surface area contributed by atoms with E-state index in [1.165, 1.54) is 29.2 Å². The molecule has 1 aromatic rings. The molecule has 2 unspecified atom stereocenters. The van der Waals surface area contributed by atoms with Gasteiger partial charge in [0.1, 0.15) is 0 Å². The summed E-state index contributed by atoms with van der Waals surface area (Å²) in [5.41, 5.74) is 2.47. The zero-order chi connectivity index (χ0) is 13.1. The lowest BCUT2D eigenvalue weighted by Crippen LogP contribution is -2.30. The minimum absolute atomic E-state index is 0.195. The van der Waals surface area contributed by atoms with Crippen LogP contribution in [0.3, 0.4) is 0 Å². The quantitative estimate of drug-likeness (QED) is 0.887. The van der Waals surface area contributed by atoms with Crippen molar-refractivity contribution in [2.45, 2.75) is 18.8 Å². The molecule has 2 heterocycles. The second kappa shape index (κ2) is 5.87. The van der Waals surface area contributed by atoms with E-state index in [2.05, 4.69) is 22.8 Å². The Labute approximate surface area is 118 Å². The summed E-state index contributed by atoms with van der Waals surface area (Å²) in [6.07, 6.45) is 1.85. The van der Waals surface area contributed by atoms with Gasteiger partial charge in [0.25, 0.3) is 0 Å². The molecule has 0 spiro atoms. The van der Waals surface area contributed by atoms with E-state index in [1.54, 1.807) is 0 Å². The number of anilines is 1. The van der Waals surface area contributed by atoms with E-state index in [0.717, 1.165) is 13.1 Å². The molecule has 0 aromatic heterocycles. The molecule has 0 saturated carbocycles. The summed E-state index contributed by atoms with van der Waals surface area (Å²) in [6.45, 7) is 1.74. The van der Waals surface area contributed by atoms with Gasteiger partial charge in [-0.3, -0.25) is 4.79 Å². The highest BCUT2D eigenvalue weighted by Crippen LogP contribution is 2.33. The molecule has 0 radical (unpaired) electrons. The molecule has 4 heteroatoms. The van der Waals surface area contributed by atoms with Crippen LogP contribution in [0.2, 0.25) is 0 Å². The molecule has 0 bridgehead atoms. The molecule has 1 fully saturated rings. The van der Waals surface area contributed by atoms with E-state index in [-0.39, 0.29) is 5.91 Å². The Morgan fingerprint density at radius 1 is 1.42 bits per heavy atom. The average molecular weight is 276 g/mol. The van der Waals surface area contributed by atoms with Gasteiger partial charge in [0.05, 0.1) is 0 Å². The molecule has 102 valence electrons. The van der Waals surface area contributed by atoms with Crippen molar-refractivity contribution in [1.29, 1.82) is 0 Å². The van der Waals surface area contributed by atoms with Crippen LogP contribution in [0.4, 0.5) is 5.69 Å². The minimum Gasteiger partial charge on any atom is -0.384 e. The van der Waals surface area contributed by atoms with Crippen LogP contribution >= 0.6 is 11.8 Å². The second-order valence-electron chi connectivity index (χ2n) is 5.40. The molecule has 0 aliphatic carbocycles. The monoisotopic (exact) mass is 276 g/mol. The predicted octanol–water partition coefficient (Wildman–Crippen LogP) is 2.46. The number of hydrogen-bond acceptors (Lipinski definition) is 3. The first-order chi connectivity index (χ1) is 9.33. The van der Waals surface area contributed by atoms with Crippen molar-refractivity contribution in [2.24, 2.45) is 5.92 Å². The van der Waals surface area contributed by atoms with E-state index in [0.29, 0.717) is 18.3 Å². The van der Waals surface area contributed by atoms with Gasteiger partial charge in [0.15, 0.2) is 0 Å². The fraction of sp³-hybridized carbons (Fsp3) is 0.533. The standard InChI is InChI=1S/C15H20N2OS/c18-15(17-8-11-5-6-19-10-11)7-12-9-16-14-4-2-1-3-13(12)14/h1-4,11-12,16H,5-10H2,(H,17,18). The number of nitrogens with one attached hydrogen (secondary N) is 2. The molecule has 3 nitrogen and oxygen atoms in total. The number of benzene rings is 1. The third-order valence-electron chi connectivity index (χ3n) is 3.98. The summed E-state index contributed by atoms with van der Waals surface area (Å²) in [7, 11) is 0. The maximum absolute atomic E-state index is 12.0. The lowest BCUT2D eigenvalue weighted by atomic mass is 9.97. The van der Waals surface area contributed by atoms with Crippen LogP contribution in [0, 0.1) is 5.92 Å². The Morgan fingerprint density at radius 2 is 2.32 bits per heavy atom. The molecule has 3 rings (SSSR count). The van der Waals surface area contributed by atoms with Gasteiger partial charge in [0, 0.05) is 31.1 Å². The largest absolute Gasteiger partial charge is 0.384 e. The van der Waals surface area contributed by atoms with Crippen molar-refractivity contribution < 1.29 is 4.79 Å². The van der Waals surface area contributed by atoms with Crippen molar-refractivity contribution in [1.82, 2.24) is 5.32 Å². The van der Waals surface area contributed by atoms with Crippen molar-refractivity contribution in [3.63, 3.8) is 0 Å². The molecule has 2 aliphatic heterocycles. The van der Waals surface area contributed by atoms with Crippen LogP contribution in [0.25, 0.3) is 0 Å². The Hall–Kier alpha value is -1.16. The summed E-state index contributed by atoms with van der Waals surface area (Å²) in [5, 5.41) is 6.47. The zero-order valence-corrected chi connectivity index (χ0v) is 11.8. The Bertz CT molecular complexity index is 457. The van der Waals surface area contributed by atoms with Crippen LogP contribution in [0.15, 0.2) is 24.3 Å². The number of hydrogen-bond donors (Lipinski definition) is 2. The maximum Gasteiger partial charge on any atom is 0.220 e. The van der Waals surface area contributed by atoms with Crippen molar-refractivity contribution in [2.75, 3.05) is 29.9 Å². The van der Waals surface area contributed by atoms with Crippen LogP contribution in [-0.2, 0) is 4.79 Å². The number of fused-ring (bicyclic) bond motifs is 1. The van der Waals surface area contributed by atoms with E-state index in [1.807, 2.05) is 23.9 Å². The molecule has 19 heavy (non-hydrogen) atoms. The Kier molecular flexibility index (Phi) is 3.97. The van der Waals surface area contributed by atoms with Crippen LogP contribution < -0.4 is 10.6 Å². The lowest BCUT2D eigenvalue weighted by molar-refractivity contribution is -0.121. The molecular weight excluding hydrogens is 256 g/mol. The van der Waals surface area contributed by atoms with Gasteiger partial charge in [-0.25, -0.2) is 0 Å². The average Bonchev–Trinajstić information content (AvgIpc) is 3.07. The minimum atomic E-state index is 0.195. The molecule has 1 aromatic carbocycles. The third-order valence-corrected chi connectivity index (χ3v) is 5.21. The molecular formula is C15H20N2OS. The number of rotatable bonds is 4. The highest BCUT2D eigenvalue weighted by molar-refractivity contribution is 7.99. The summed E-state index contributed by atoms with van der Waals surface area (Å²) < 4.78 is 0. The summed E-state index contributed by atoms with van der Waals surface area (Å²) in [4.78, 5) is 12.0. The number of carbonyl (C=O) groups is 1. The first-order valence-corrected chi connectivity index (χ1v) is 8.15. The van der Waals surface area contributed by atoms with Crippen LogP contribution in [-0.4, -0.2) is 30.5 Å². The van der Waals surface area contributed by atoms with Gasteiger partial charge in [-0.05, 0) is 35.5 Å².